The lowest BCUT2D eigenvalue weighted by Crippen LogP contribution is -2.60. The highest BCUT2D eigenvalue weighted by atomic mass is 16.7. The lowest BCUT2D eigenvalue weighted by molar-refractivity contribution is -0.302. The molecule has 0 aromatic heterocycles. The average molecular weight is 884 g/mol. The third kappa shape index (κ3) is 33.5. The summed E-state index contributed by atoms with van der Waals surface area (Å²) in [4.78, 5) is 13.0. The van der Waals surface area contributed by atoms with Gasteiger partial charge in [-0.3, -0.25) is 4.79 Å². The van der Waals surface area contributed by atoms with Crippen LogP contribution in [-0.4, -0.2) is 87.5 Å². The number of ether oxygens (including phenoxy) is 2. The molecule has 0 aromatic rings. The maximum absolute atomic E-state index is 13.0. The molecule has 7 atom stereocenters. The molecule has 63 heavy (non-hydrogen) atoms. The second kappa shape index (κ2) is 43.3. The Morgan fingerprint density at radius 2 is 1.00 bits per heavy atom. The Labute approximate surface area is 384 Å². The zero-order valence-electron chi connectivity index (χ0n) is 39.8. The lowest BCUT2D eigenvalue weighted by atomic mass is 9.99. The molecule has 1 heterocycles. The summed E-state index contributed by atoms with van der Waals surface area (Å²) in [5.74, 6) is -0.246. The first-order valence-electron chi connectivity index (χ1n) is 25.3. The highest BCUT2D eigenvalue weighted by Crippen LogP contribution is 2.22. The van der Waals surface area contributed by atoms with Crippen molar-refractivity contribution in [2.45, 2.75) is 236 Å². The molecular formula is C54H93NO8. The Bertz CT molecular complexity index is 1260. The minimum absolute atomic E-state index is 0.228. The molecule has 6 N–H and O–H groups in total. The van der Waals surface area contributed by atoms with E-state index in [1.165, 1.54) is 109 Å². The van der Waals surface area contributed by atoms with Gasteiger partial charge in [0, 0.05) is 6.42 Å². The van der Waals surface area contributed by atoms with Gasteiger partial charge in [0.15, 0.2) is 6.29 Å². The second-order valence-electron chi connectivity index (χ2n) is 17.2. The van der Waals surface area contributed by atoms with Gasteiger partial charge >= 0.3 is 0 Å². The van der Waals surface area contributed by atoms with Crippen LogP contribution in [0.2, 0.25) is 0 Å². The Kier molecular flexibility index (Phi) is 40.1. The van der Waals surface area contributed by atoms with Gasteiger partial charge in [-0.25, -0.2) is 0 Å². The first kappa shape index (κ1) is 58.4. The molecule has 0 bridgehead atoms. The highest BCUT2D eigenvalue weighted by Gasteiger charge is 2.44. The summed E-state index contributed by atoms with van der Waals surface area (Å²) in [5.41, 5.74) is 0. The summed E-state index contributed by atoms with van der Waals surface area (Å²) >= 11 is 0. The molecule has 0 radical (unpaired) electrons. The SMILES string of the molecule is CC/C=C\C/C=C\C/C=C\C/C=C\C/C=C\CCCC(=O)NC(COC1OC(CO)C(O)C(O)C1O)C(O)/C=C/CC/C=C/CCCCCCCCCCCCCCCCCCC. The molecule has 362 valence electrons. The van der Waals surface area contributed by atoms with Crippen molar-refractivity contribution in [2.24, 2.45) is 0 Å². The van der Waals surface area contributed by atoms with Gasteiger partial charge in [-0.15, -0.1) is 0 Å². The van der Waals surface area contributed by atoms with Crippen LogP contribution < -0.4 is 5.32 Å². The van der Waals surface area contributed by atoms with Crippen LogP contribution in [-0.2, 0) is 14.3 Å². The largest absolute Gasteiger partial charge is 0.394 e. The zero-order valence-corrected chi connectivity index (χ0v) is 39.8. The number of rotatable bonds is 41. The van der Waals surface area contributed by atoms with Crippen molar-refractivity contribution in [1.29, 1.82) is 0 Å². The van der Waals surface area contributed by atoms with Gasteiger partial charge in [-0.1, -0.05) is 202 Å². The van der Waals surface area contributed by atoms with E-state index in [2.05, 4.69) is 92.1 Å². The number of amides is 1. The van der Waals surface area contributed by atoms with Crippen molar-refractivity contribution in [3.8, 4) is 0 Å². The van der Waals surface area contributed by atoms with Gasteiger partial charge in [0.25, 0.3) is 0 Å². The molecule has 1 fully saturated rings. The zero-order chi connectivity index (χ0) is 45.9. The first-order chi connectivity index (χ1) is 30.8. The van der Waals surface area contributed by atoms with Crippen molar-refractivity contribution in [3.05, 3.63) is 85.1 Å². The van der Waals surface area contributed by atoms with Gasteiger partial charge in [-0.2, -0.15) is 0 Å². The Hall–Kier alpha value is -2.63. The molecule has 0 aromatic carbocycles. The van der Waals surface area contributed by atoms with Gasteiger partial charge in [-0.05, 0) is 70.6 Å². The molecular weight excluding hydrogens is 791 g/mol. The number of aliphatic hydroxyl groups is 5. The van der Waals surface area contributed by atoms with Crippen LogP contribution >= 0.6 is 0 Å². The molecule has 0 aliphatic carbocycles. The molecule has 7 unspecified atom stereocenters. The third-order valence-electron chi connectivity index (χ3n) is 11.5. The second-order valence-corrected chi connectivity index (χ2v) is 17.2. The van der Waals surface area contributed by atoms with Crippen LogP contribution in [0.4, 0.5) is 0 Å². The number of nitrogens with one attached hydrogen (secondary N) is 1. The summed E-state index contributed by atoms with van der Waals surface area (Å²) in [6, 6.07) is -0.856. The van der Waals surface area contributed by atoms with Crippen molar-refractivity contribution in [1.82, 2.24) is 5.32 Å². The average Bonchev–Trinajstić information content (AvgIpc) is 3.28. The maximum atomic E-state index is 13.0. The summed E-state index contributed by atoms with van der Waals surface area (Å²) < 4.78 is 11.2. The highest BCUT2D eigenvalue weighted by molar-refractivity contribution is 5.76. The minimum atomic E-state index is -1.59. The number of allylic oxidation sites excluding steroid dienone is 13. The maximum Gasteiger partial charge on any atom is 0.220 e. The molecule has 0 spiro atoms. The minimum Gasteiger partial charge on any atom is -0.394 e. The normalized spacial score (nSPS) is 20.9. The predicted octanol–water partition coefficient (Wildman–Crippen LogP) is 11.5. The fraction of sp³-hybridized carbons (Fsp3) is 0.722. The van der Waals surface area contributed by atoms with Gasteiger partial charge < -0.3 is 40.3 Å². The molecule has 1 aliphatic heterocycles. The topological polar surface area (TPSA) is 149 Å². The number of carbonyl (C=O) groups excluding carboxylic acids is 1. The smallest absolute Gasteiger partial charge is 0.220 e. The molecule has 1 saturated heterocycles. The number of hydrogen-bond acceptors (Lipinski definition) is 8. The lowest BCUT2D eigenvalue weighted by Gasteiger charge is -2.40. The van der Waals surface area contributed by atoms with E-state index in [-0.39, 0.29) is 18.9 Å². The molecule has 1 rings (SSSR count). The monoisotopic (exact) mass is 884 g/mol. The van der Waals surface area contributed by atoms with Crippen LogP contribution in [0.5, 0.6) is 0 Å². The molecule has 0 saturated carbocycles. The quantitative estimate of drug-likeness (QED) is 0.0263. The van der Waals surface area contributed by atoms with Crippen LogP contribution in [0.25, 0.3) is 0 Å². The van der Waals surface area contributed by atoms with E-state index in [1.807, 2.05) is 6.08 Å². The van der Waals surface area contributed by atoms with Gasteiger partial charge in [0.1, 0.15) is 24.4 Å². The third-order valence-corrected chi connectivity index (χ3v) is 11.5. The van der Waals surface area contributed by atoms with Crippen LogP contribution in [0, 0.1) is 0 Å². The number of carbonyl (C=O) groups is 1. The fourth-order valence-electron chi connectivity index (χ4n) is 7.44. The molecule has 9 heteroatoms. The number of aliphatic hydroxyl groups excluding tert-OH is 5. The van der Waals surface area contributed by atoms with Crippen LogP contribution in [0.1, 0.15) is 194 Å². The Morgan fingerprint density at radius 1 is 0.556 bits per heavy atom. The van der Waals surface area contributed by atoms with Gasteiger partial charge in [0.05, 0.1) is 25.4 Å². The van der Waals surface area contributed by atoms with Gasteiger partial charge in [0.2, 0.25) is 5.91 Å². The van der Waals surface area contributed by atoms with E-state index in [1.54, 1.807) is 6.08 Å². The number of unbranched alkanes of at least 4 members (excludes halogenated alkanes) is 19. The summed E-state index contributed by atoms with van der Waals surface area (Å²) in [6.07, 6.45) is 53.6. The van der Waals surface area contributed by atoms with E-state index in [0.717, 1.165) is 57.8 Å². The fourth-order valence-corrected chi connectivity index (χ4v) is 7.44. The van der Waals surface area contributed by atoms with E-state index in [9.17, 15) is 30.3 Å². The van der Waals surface area contributed by atoms with E-state index < -0.39 is 49.5 Å². The van der Waals surface area contributed by atoms with Crippen LogP contribution in [0.3, 0.4) is 0 Å². The standard InChI is InChI=1S/C54H93NO8/c1-3-5-7-9-11-13-15-17-19-21-22-23-24-25-26-28-29-31-33-35-37-39-41-43-48(57)47(46-62-54-53(61)52(60)51(59)49(45-56)63-54)55-50(58)44-42-40-38-36-34-32-30-27-20-18-16-14-12-10-8-6-4-2/h6,8,12,14,18,20,30,32-33,35-36,38,41,43,47-49,51-54,56-57,59-61H,3-5,7,9-11,13,15-17,19,21-29,31,34,37,39-40,42,44-46H2,1-2H3,(H,55,58)/b8-6-,14-12-,20-18-,32-30-,35-33+,38-36-,43-41+. The molecule has 1 aliphatic rings. The predicted molar refractivity (Wildman–Crippen MR) is 262 cm³/mol. The van der Waals surface area contributed by atoms with Crippen molar-refractivity contribution >= 4 is 5.91 Å². The van der Waals surface area contributed by atoms with Crippen LogP contribution in [0.15, 0.2) is 85.1 Å². The van der Waals surface area contributed by atoms with Crippen molar-refractivity contribution in [2.75, 3.05) is 13.2 Å². The van der Waals surface area contributed by atoms with Crippen molar-refractivity contribution < 1.29 is 39.8 Å². The Balaban J connectivity index is 2.37. The summed E-state index contributed by atoms with van der Waals surface area (Å²) in [7, 11) is 0. The molecule has 1 amide bonds. The van der Waals surface area contributed by atoms with E-state index in [4.69, 9.17) is 9.47 Å². The van der Waals surface area contributed by atoms with E-state index in [0.29, 0.717) is 6.42 Å². The van der Waals surface area contributed by atoms with Crippen molar-refractivity contribution in [3.63, 3.8) is 0 Å². The van der Waals surface area contributed by atoms with E-state index >= 15 is 0 Å². The Morgan fingerprint density at radius 3 is 1.52 bits per heavy atom. The summed E-state index contributed by atoms with van der Waals surface area (Å²) in [5, 5.41) is 54.2. The summed E-state index contributed by atoms with van der Waals surface area (Å²) in [6.45, 7) is 3.61. The first-order valence-corrected chi connectivity index (χ1v) is 25.3. The number of hydrogen-bond donors (Lipinski definition) is 6. The molecule has 9 nitrogen and oxygen atoms in total.